The van der Waals surface area contributed by atoms with Crippen LogP contribution in [-0.2, 0) is 0 Å². The molecule has 3 heteroatoms. The van der Waals surface area contributed by atoms with Crippen LogP contribution in [0.5, 0.6) is 0 Å². The first kappa shape index (κ1) is 15.2. The number of carbonyl (C=O) groups is 1. The molecule has 1 aliphatic carbocycles. The zero-order valence-electron chi connectivity index (χ0n) is 12.5. The van der Waals surface area contributed by atoms with Gasteiger partial charge in [0.25, 0.3) is 0 Å². The SMILES string of the molecule is Cc1ccccc1C(=O)CCN(C)C1CCCCC1O. The van der Waals surface area contributed by atoms with Crippen molar-refractivity contribution < 1.29 is 9.90 Å². The first-order valence-electron chi connectivity index (χ1n) is 7.56. The highest BCUT2D eigenvalue weighted by Gasteiger charge is 2.26. The number of nitrogens with zero attached hydrogens (tertiary/aromatic N) is 1. The van der Waals surface area contributed by atoms with Gasteiger partial charge in [0.1, 0.15) is 0 Å². The van der Waals surface area contributed by atoms with Gasteiger partial charge in [-0.25, -0.2) is 0 Å². The average molecular weight is 275 g/mol. The quantitative estimate of drug-likeness (QED) is 0.840. The van der Waals surface area contributed by atoms with E-state index in [-0.39, 0.29) is 17.9 Å². The van der Waals surface area contributed by atoms with Crippen LogP contribution in [0.4, 0.5) is 0 Å². The Kier molecular flexibility index (Phi) is 5.32. The molecular formula is C17H25NO2. The highest BCUT2D eigenvalue weighted by atomic mass is 16.3. The summed E-state index contributed by atoms with van der Waals surface area (Å²) in [4.78, 5) is 14.4. The molecule has 1 aromatic rings. The minimum atomic E-state index is -0.234. The molecule has 1 fully saturated rings. The van der Waals surface area contributed by atoms with Crippen LogP contribution in [0.15, 0.2) is 24.3 Å². The van der Waals surface area contributed by atoms with Crippen molar-refractivity contribution in [1.82, 2.24) is 4.90 Å². The monoisotopic (exact) mass is 275 g/mol. The van der Waals surface area contributed by atoms with Gasteiger partial charge in [0.2, 0.25) is 0 Å². The lowest BCUT2D eigenvalue weighted by Gasteiger charge is -2.35. The van der Waals surface area contributed by atoms with Gasteiger partial charge < -0.3 is 10.0 Å². The number of aliphatic hydroxyl groups excluding tert-OH is 1. The van der Waals surface area contributed by atoms with E-state index in [0.717, 1.165) is 36.9 Å². The number of hydrogen-bond donors (Lipinski definition) is 1. The molecule has 2 unspecified atom stereocenters. The molecule has 0 radical (unpaired) electrons. The molecule has 1 saturated carbocycles. The number of rotatable bonds is 5. The molecular weight excluding hydrogens is 250 g/mol. The maximum absolute atomic E-state index is 12.2. The summed E-state index contributed by atoms with van der Waals surface area (Å²) in [5, 5.41) is 10.0. The Morgan fingerprint density at radius 2 is 2.00 bits per heavy atom. The highest BCUT2D eigenvalue weighted by Crippen LogP contribution is 2.22. The number of Topliss-reactive ketones (excluding diaryl/α,β-unsaturated/α-hetero) is 1. The first-order valence-corrected chi connectivity index (χ1v) is 7.56. The van der Waals surface area contributed by atoms with Crippen molar-refractivity contribution in [3.8, 4) is 0 Å². The molecule has 1 N–H and O–H groups in total. The largest absolute Gasteiger partial charge is 0.391 e. The number of aryl methyl sites for hydroxylation is 1. The van der Waals surface area contributed by atoms with Crippen LogP contribution in [0, 0.1) is 6.92 Å². The number of carbonyl (C=O) groups excluding carboxylic acids is 1. The molecule has 0 heterocycles. The fourth-order valence-corrected chi connectivity index (χ4v) is 3.07. The van der Waals surface area contributed by atoms with E-state index in [4.69, 9.17) is 0 Å². The van der Waals surface area contributed by atoms with Gasteiger partial charge >= 0.3 is 0 Å². The van der Waals surface area contributed by atoms with Crippen LogP contribution >= 0.6 is 0 Å². The number of ketones is 1. The minimum Gasteiger partial charge on any atom is -0.391 e. The van der Waals surface area contributed by atoms with E-state index < -0.39 is 0 Å². The molecule has 0 amide bonds. The first-order chi connectivity index (χ1) is 9.59. The van der Waals surface area contributed by atoms with E-state index in [1.807, 2.05) is 38.2 Å². The van der Waals surface area contributed by atoms with Crippen molar-refractivity contribution in [3.63, 3.8) is 0 Å². The molecule has 0 spiro atoms. The summed E-state index contributed by atoms with van der Waals surface area (Å²) >= 11 is 0. The van der Waals surface area contributed by atoms with Crippen LogP contribution in [-0.4, -0.2) is 41.5 Å². The molecule has 1 aliphatic rings. The predicted molar refractivity (Wildman–Crippen MR) is 81.0 cm³/mol. The molecule has 20 heavy (non-hydrogen) atoms. The Morgan fingerprint density at radius 1 is 1.30 bits per heavy atom. The second-order valence-corrected chi connectivity index (χ2v) is 5.89. The van der Waals surface area contributed by atoms with Crippen LogP contribution < -0.4 is 0 Å². The zero-order valence-corrected chi connectivity index (χ0v) is 12.5. The normalized spacial score (nSPS) is 23.0. The van der Waals surface area contributed by atoms with Crippen LogP contribution in [0.25, 0.3) is 0 Å². The second-order valence-electron chi connectivity index (χ2n) is 5.89. The van der Waals surface area contributed by atoms with E-state index in [2.05, 4.69) is 4.90 Å². The molecule has 2 atom stereocenters. The van der Waals surface area contributed by atoms with E-state index >= 15 is 0 Å². The van der Waals surface area contributed by atoms with Crippen molar-refractivity contribution in [2.75, 3.05) is 13.6 Å². The number of hydrogen-bond acceptors (Lipinski definition) is 3. The Hall–Kier alpha value is -1.19. The van der Waals surface area contributed by atoms with Crippen molar-refractivity contribution >= 4 is 5.78 Å². The Balaban J connectivity index is 1.88. The summed E-state index contributed by atoms with van der Waals surface area (Å²) in [6.45, 7) is 2.69. The molecule has 3 nitrogen and oxygen atoms in total. The molecule has 0 aliphatic heterocycles. The van der Waals surface area contributed by atoms with Gasteiger partial charge in [0.15, 0.2) is 5.78 Å². The minimum absolute atomic E-state index is 0.195. The van der Waals surface area contributed by atoms with Gasteiger partial charge in [-0.15, -0.1) is 0 Å². The van der Waals surface area contributed by atoms with Crippen molar-refractivity contribution in [3.05, 3.63) is 35.4 Å². The topological polar surface area (TPSA) is 40.5 Å². The van der Waals surface area contributed by atoms with Crippen LogP contribution in [0.1, 0.15) is 48.0 Å². The highest BCUT2D eigenvalue weighted by molar-refractivity contribution is 5.97. The second kappa shape index (κ2) is 7.00. The predicted octanol–water partition coefficient (Wildman–Crippen LogP) is 2.80. The van der Waals surface area contributed by atoms with Crippen molar-refractivity contribution in [1.29, 1.82) is 0 Å². The molecule has 0 aromatic heterocycles. The van der Waals surface area contributed by atoms with E-state index in [9.17, 15) is 9.90 Å². The molecule has 0 bridgehead atoms. The van der Waals surface area contributed by atoms with E-state index in [1.54, 1.807) is 0 Å². The Morgan fingerprint density at radius 3 is 2.70 bits per heavy atom. The fraction of sp³-hybridized carbons (Fsp3) is 0.588. The fourth-order valence-electron chi connectivity index (χ4n) is 3.07. The molecule has 110 valence electrons. The summed E-state index contributed by atoms with van der Waals surface area (Å²) < 4.78 is 0. The third-order valence-corrected chi connectivity index (χ3v) is 4.40. The van der Waals surface area contributed by atoms with Crippen molar-refractivity contribution in [2.24, 2.45) is 0 Å². The van der Waals surface area contributed by atoms with Gasteiger partial charge in [-0.1, -0.05) is 37.1 Å². The lowest BCUT2D eigenvalue weighted by atomic mass is 9.91. The molecule has 0 saturated heterocycles. The summed E-state index contributed by atoms with van der Waals surface area (Å²) in [6.07, 6.45) is 4.51. The van der Waals surface area contributed by atoms with Gasteiger partial charge in [-0.3, -0.25) is 4.79 Å². The summed E-state index contributed by atoms with van der Waals surface area (Å²) in [5.74, 6) is 0.195. The third-order valence-electron chi connectivity index (χ3n) is 4.40. The van der Waals surface area contributed by atoms with E-state index in [0.29, 0.717) is 6.42 Å². The standard InChI is InChI=1S/C17H25NO2/c1-13-7-3-4-8-14(13)16(19)11-12-18(2)15-9-5-6-10-17(15)20/h3-4,7-8,15,17,20H,5-6,9-12H2,1-2H3. The van der Waals surface area contributed by atoms with Gasteiger partial charge in [0.05, 0.1) is 6.10 Å². The maximum Gasteiger partial charge on any atom is 0.164 e. The van der Waals surface area contributed by atoms with E-state index in [1.165, 1.54) is 6.42 Å². The van der Waals surface area contributed by atoms with Gasteiger partial charge in [-0.05, 0) is 32.4 Å². The lowest BCUT2D eigenvalue weighted by Crippen LogP contribution is -2.44. The zero-order chi connectivity index (χ0) is 14.5. The summed E-state index contributed by atoms with van der Waals surface area (Å²) in [7, 11) is 2.02. The third kappa shape index (κ3) is 3.68. The number of aliphatic hydroxyl groups is 1. The number of likely N-dealkylation sites (N-methyl/N-ethyl adjacent to an activating group) is 1. The molecule has 1 aromatic carbocycles. The van der Waals surface area contributed by atoms with Crippen LogP contribution in [0.2, 0.25) is 0 Å². The summed E-state index contributed by atoms with van der Waals surface area (Å²) in [5.41, 5.74) is 1.86. The number of benzene rings is 1. The lowest BCUT2D eigenvalue weighted by molar-refractivity contribution is 0.0315. The smallest absolute Gasteiger partial charge is 0.164 e. The van der Waals surface area contributed by atoms with Crippen LogP contribution in [0.3, 0.4) is 0 Å². The summed E-state index contributed by atoms with van der Waals surface area (Å²) in [6, 6.07) is 7.95. The maximum atomic E-state index is 12.2. The van der Waals surface area contributed by atoms with Crippen molar-refractivity contribution in [2.45, 2.75) is 51.2 Å². The van der Waals surface area contributed by atoms with Gasteiger partial charge in [-0.2, -0.15) is 0 Å². The Labute approximate surface area is 121 Å². The average Bonchev–Trinajstić information content (AvgIpc) is 2.45. The van der Waals surface area contributed by atoms with Gasteiger partial charge in [0, 0.05) is 24.6 Å². The molecule has 2 rings (SSSR count). The Bertz CT molecular complexity index is 458.